The number of hydrogen-bond donors (Lipinski definition) is 0. The SMILES string of the molecule is CC1(C)c2ccccc2-c2cc(-c3cccc(-c4ccc(-c5nc(-c6ccccc6)cc(-c6ccccc6)n5)cc4)c3)ccc21. The Balaban J connectivity index is 1.14. The van der Waals surface area contributed by atoms with Crippen LogP contribution in [0.5, 0.6) is 0 Å². The molecule has 0 aliphatic heterocycles. The molecule has 45 heavy (non-hydrogen) atoms. The number of rotatable bonds is 5. The maximum absolute atomic E-state index is 5.00. The quantitative estimate of drug-likeness (QED) is 0.204. The van der Waals surface area contributed by atoms with Gasteiger partial charge in [0.05, 0.1) is 11.4 Å². The molecule has 0 N–H and O–H groups in total. The molecule has 1 aliphatic rings. The molecule has 2 nitrogen and oxygen atoms in total. The van der Waals surface area contributed by atoms with Crippen molar-refractivity contribution in [1.29, 1.82) is 0 Å². The highest BCUT2D eigenvalue weighted by atomic mass is 14.9. The van der Waals surface area contributed by atoms with Crippen LogP contribution >= 0.6 is 0 Å². The highest BCUT2D eigenvalue weighted by Crippen LogP contribution is 2.49. The van der Waals surface area contributed by atoms with Crippen molar-refractivity contribution in [3.63, 3.8) is 0 Å². The van der Waals surface area contributed by atoms with Crippen LogP contribution in [0.1, 0.15) is 25.0 Å². The molecule has 2 heteroatoms. The summed E-state index contributed by atoms with van der Waals surface area (Å²) in [6, 6.07) is 55.9. The number of nitrogens with zero attached hydrogens (tertiary/aromatic N) is 2. The van der Waals surface area contributed by atoms with Gasteiger partial charge in [-0.3, -0.25) is 0 Å². The third-order valence-electron chi connectivity index (χ3n) is 9.12. The highest BCUT2D eigenvalue weighted by molar-refractivity contribution is 5.85. The Labute approximate surface area is 264 Å². The largest absolute Gasteiger partial charge is 0.228 e. The molecule has 0 spiro atoms. The Hall–Kier alpha value is -5.60. The van der Waals surface area contributed by atoms with Crippen LogP contribution < -0.4 is 0 Å². The third-order valence-corrected chi connectivity index (χ3v) is 9.12. The van der Waals surface area contributed by atoms with Crippen molar-refractivity contribution >= 4 is 0 Å². The van der Waals surface area contributed by atoms with E-state index in [1.807, 2.05) is 36.4 Å². The smallest absolute Gasteiger partial charge is 0.160 e. The van der Waals surface area contributed by atoms with Gasteiger partial charge in [0.1, 0.15) is 0 Å². The van der Waals surface area contributed by atoms with Gasteiger partial charge in [-0.2, -0.15) is 0 Å². The van der Waals surface area contributed by atoms with Crippen molar-refractivity contribution in [1.82, 2.24) is 9.97 Å². The summed E-state index contributed by atoms with van der Waals surface area (Å²) in [6.45, 7) is 4.65. The fourth-order valence-electron chi connectivity index (χ4n) is 6.68. The van der Waals surface area contributed by atoms with E-state index in [0.29, 0.717) is 0 Å². The average Bonchev–Trinajstić information content (AvgIpc) is 3.34. The van der Waals surface area contributed by atoms with Gasteiger partial charge in [0.15, 0.2) is 5.82 Å². The predicted molar refractivity (Wildman–Crippen MR) is 187 cm³/mol. The molecule has 0 atom stereocenters. The summed E-state index contributed by atoms with van der Waals surface area (Å²) in [7, 11) is 0. The summed E-state index contributed by atoms with van der Waals surface area (Å²) in [5, 5.41) is 0. The summed E-state index contributed by atoms with van der Waals surface area (Å²) in [6.07, 6.45) is 0. The zero-order valence-electron chi connectivity index (χ0n) is 25.4. The molecule has 8 rings (SSSR count). The van der Waals surface area contributed by atoms with E-state index >= 15 is 0 Å². The van der Waals surface area contributed by atoms with Crippen LogP contribution in [0.25, 0.3) is 67.3 Å². The van der Waals surface area contributed by atoms with Crippen molar-refractivity contribution in [3.8, 4) is 67.3 Å². The zero-order valence-corrected chi connectivity index (χ0v) is 25.4. The van der Waals surface area contributed by atoms with Gasteiger partial charge in [-0.1, -0.05) is 153 Å². The standard InChI is InChI=1S/C43H32N2/c1-43(2)38-19-10-9-18-36(38)37-27-35(24-25-39(37)43)34-17-11-16-33(26-34)29-20-22-32(23-21-29)42-44-40(30-12-5-3-6-13-30)28-41(45-42)31-14-7-4-8-15-31/h3-28H,1-2H3. The van der Waals surface area contributed by atoms with E-state index in [4.69, 9.17) is 9.97 Å². The van der Waals surface area contributed by atoms with Gasteiger partial charge in [0.2, 0.25) is 0 Å². The lowest BCUT2D eigenvalue weighted by molar-refractivity contribution is 0.660. The minimum absolute atomic E-state index is 0.0141. The van der Waals surface area contributed by atoms with E-state index in [2.05, 4.69) is 135 Å². The van der Waals surface area contributed by atoms with Gasteiger partial charge in [0, 0.05) is 22.1 Å². The molecule has 0 radical (unpaired) electrons. The summed E-state index contributed by atoms with van der Waals surface area (Å²) in [4.78, 5) is 10.00. The van der Waals surface area contributed by atoms with Gasteiger partial charge < -0.3 is 0 Å². The first-order chi connectivity index (χ1) is 22.0. The lowest BCUT2D eigenvalue weighted by Crippen LogP contribution is -2.14. The first-order valence-electron chi connectivity index (χ1n) is 15.5. The fourth-order valence-corrected chi connectivity index (χ4v) is 6.68. The lowest BCUT2D eigenvalue weighted by Gasteiger charge is -2.21. The van der Waals surface area contributed by atoms with Crippen molar-refractivity contribution in [2.75, 3.05) is 0 Å². The maximum atomic E-state index is 5.00. The number of benzene rings is 6. The molecule has 6 aromatic carbocycles. The molecular weight excluding hydrogens is 544 g/mol. The summed E-state index contributed by atoms with van der Waals surface area (Å²) in [5.74, 6) is 0.719. The topological polar surface area (TPSA) is 25.8 Å². The Morgan fingerprint density at radius 2 is 0.844 bits per heavy atom. The molecule has 0 saturated carbocycles. The molecule has 0 bridgehead atoms. The van der Waals surface area contributed by atoms with Crippen LogP contribution in [0.4, 0.5) is 0 Å². The normalized spacial score (nSPS) is 12.8. The molecule has 1 aromatic heterocycles. The molecule has 1 aliphatic carbocycles. The summed E-state index contributed by atoms with van der Waals surface area (Å²) in [5.41, 5.74) is 15.3. The van der Waals surface area contributed by atoms with Crippen LogP contribution in [0, 0.1) is 0 Å². The van der Waals surface area contributed by atoms with Gasteiger partial charge >= 0.3 is 0 Å². The predicted octanol–water partition coefficient (Wildman–Crippen LogP) is 11.1. The molecule has 0 fully saturated rings. The van der Waals surface area contributed by atoms with Gasteiger partial charge in [-0.15, -0.1) is 0 Å². The second kappa shape index (κ2) is 10.8. The van der Waals surface area contributed by atoms with Crippen molar-refractivity contribution in [2.24, 2.45) is 0 Å². The van der Waals surface area contributed by atoms with Crippen LogP contribution in [0.15, 0.2) is 158 Å². The molecule has 0 saturated heterocycles. The second-order valence-electron chi connectivity index (χ2n) is 12.3. The molecular formula is C43H32N2. The first kappa shape index (κ1) is 27.0. The Kier molecular flexibility index (Phi) is 6.50. The number of hydrogen-bond acceptors (Lipinski definition) is 2. The minimum Gasteiger partial charge on any atom is -0.228 e. The Morgan fingerprint density at radius 1 is 0.356 bits per heavy atom. The lowest BCUT2D eigenvalue weighted by atomic mass is 9.82. The van der Waals surface area contributed by atoms with Crippen LogP contribution in [0.3, 0.4) is 0 Å². The minimum atomic E-state index is 0.0141. The van der Waals surface area contributed by atoms with Crippen LogP contribution in [-0.4, -0.2) is 9.97 Å². The van der Waals surface area contributed by atoms with Gasteiger partial charge in [0.25, 0.3) is 0 Å². The van der Waals surface area contributed by atoms with E-state index < -0.39 is 0 Å². The Bertz CT molecular complexity index is 2100. The average molecular weight is 577 g/mol. The number of aromatic nitrogens is 2. The maximum Gasteiger partial charge on any atom is 0.160 e. The van der Waals surface area contributed by atoms with Gasteiger partial charge in [-0.25, -0.2) is 9.97 Å². The van der Waals surface area contributed by atoms with E-state index in [-0.39, 0.29) is 5.41 Å². The second-order valence-corrected chi connectivity index (χ2v) is 12.3. The highest BCUT2D eigenvalue weighted by Gasteiger charge is 2.35. The van der Waals surface area contributed by atoms with Crippen molar-refractivity contribution in [3.05, 3.63) is 169 Å². The zero-order chi connectivity index (χ0) is 30.4. The van der Waals surface area contributed by atoms with E-state index in [9.17, 15) is 0 Å². The third kappa shape index (κ3) is 4.85. The summed E-state index contributed by atoms with van der Waals surface area (Å²) >= 11 is 0. The molecule has 1 heterocycles. The van der Waals surface area contributed by atoms with E-state index in [1.54, 1.807) is 0 Å². The van der Waals surface area contributed by atoms with Crippen molar-refractivity contribution in [2.45, 2.75) is 19.3 Å². The number of fused-ring (bicyclic) bond motifs is 3. The van der Waals surface area contributed by atoms with E-state index in [0.717, 1.165) is 39.5 Å². The van der Waals surface area contributed by atoms with Crippen LogP contribution in [-0.2, 0) is 5.41 Å². The molecule has 0 amide bonds. The molecule has 0 unspecified atom stereocenters. The van der Waals surface area contributed by atoms with Crippen molar-refractivity contribution < 1.29 is 0 Å². The van der Waals surface area contributed by atoms with Crippen LogP contribution in [0.2, 0.25) is 0 Å². The molecule has 7 aromatic rings. The molecule has 214 valence electrons. The summed E-state index contributed by atoms with van der Waals surface area (Å²) < 4.78 is 0. The monoisotopic (exact) mass is 576 g/mol. The van der Waals surface area contributed by atoms with E-state index in [1.165, 1.54) is 38.9 Å². The fraction of sp³-hybridized carbons (Fsp3) is 0.0698. The van der Waals surface area contributed by atoms with Gasteiger partial charge in [-0.05, 0) is 62.7 Å². The first-order valence-corrected chi connectivity index (χ1v) is 15.5. The Morgan fingerprint density at radius 3 is 1.51 bits per heavy atom.